The number of benzene rings is 3. The first-order chi connectivity index (χ1) is 16.5. The zero-order valence-corrected chi connectivity index (χ0v) is 20.2. The molecule has 1 aliphatic heterocycles. The van der Waals surface area contributed by atoms with E-state index in [2.05, 4.69) is 40.2 Å². The van der Waals surface area contributed by atoms with Crippen LogP contribution in [0.15, 0.2) is 71.2 Å². The minimum Gasteiger partial charge on any atom is -0.496 e. The molecule has 0 aromatic heterocycles. The van der Waals surface area contributed by atoms with E-state index >= 15 is 0 Å². The number of aliphatic carboxylic acids is 1. The lowest BCUT2D eigenvalue weighted by atomic mass is 9.89. The molecule has 1 saturated heterocycles. The number of hydrogen-bond donors (Lipinski definition) is 1. The smallest absolute Gasteiger partial charge is 0.409 e. The van der Waals surface area contributed by atoms with Crippen LogP contribution in [0.1, 0.15) is 28.5 Å². The topological polar surface area (TPSA) is 76.1 Å². The molecule has 1 fully saturated rings. The van der Waals surface area contributed by atoms with E-state index in [9.17, 15) is 14.7 Å². The van der Waals surface area contributed by atoms with Crippen molar-refractivity contribution >= 4 is 28.0 Å². The lowest BCUT2D eigenvalue weighted by Gasteiger charge is -2.19. The van der Waals surface area contributed by atoms with Crippen molar-refractivity contribution in [2.24, 2.45) is 5.92 Å². The highest BCUT2D eigenvalue weighted by Gasteiger charge is 2.41. The first kappa shape index (κ1) is 22.5. The lowest BCUT2D eigenvalue weighted by Crippen LogP contribution is -2.31. The molecule has 1 amide bonds. The number of carbonyl (C=O) groups excluding carboxylic acids is 1. The maximum absolute atomic E-state index is 13.0. The summed E-state index contributed by atoms with van der Waals surface area (Å²) in [6.45, 7) is 0.604. The van der Waals surface area contributed by atoms with Crippen molar-refractivity contribution in [1.82, 2.24) is 4.90 Å². The second kappa shape index (κ2) is 9.14. The van der Waals surface area contributed by atoms with Crippen LogP contribution >= 0.6 is 15.9 Å². The molecule has 3 aromatic carbocycles. The van der Waals surface area contributed by atoms with Gasteiger partial charge in [-0.05, 0) is 55.9 Å². The van der Waals surface area contributed by atoms with Crippen molar-refractivity contribution in [3.63, 3.8) is 0 Å². The van der Waals surface area contributed by atoms with Crippen LogP contribution < -0.4 is 4.74 Å². The van der Waals surface area contributed by atoms with Gasteiger partial charge in [-0.1, -0.05) is 54.6 Å². The van der Waals surface area contributed by atoms with Crippen LogP contribution in [0.5, 0.6) is 5.75 Å². The third-order valence-corrected chi connectivity index (χ3v) is 7.46. The minimum atomic E-state index is -0.925. The van der Waals surface area contributed by atoms with Crippen LogP contribution in [0.3, 0.4) is 0 Å². The third-order valence-electron chi connectivity index (χ3n) is 6.84. The van der Waals surface area contributed by atoms with Crippen LogP contribution in [-0.2, 0) is 9.53 Å². The summed E-state index contributed by atoms with van der Waals surface area (Å²) in [6, 6.07) is 21.8. The molecule has 0 saturated carbocycles. The number of carboxylic acids is 1. The summed E-state index contributed by atoms with van der Waals surface area (Å²) in [5.74, 6) is -1.34. The standard InChI is InChI=1S/C27H24BrNO5/c1-33-25-11-10-16(12-24(25)28)21-13-29(14-22(21)26(30)31)27(32)34-15-23-19-8-4-2-6-17(19)18-7-3-5-9-20(18)23/h2-12,21-23H,13-15H2,1H3,(H,30,31)/t21-,22+/m0/s1. The number of ether oxygens (including phenoxy) is 2. The number of nitrogens with zero attached hydrogens (tertiary/aromatic N) is 1. The molecule has 1 heterocycles. The van der Waals surface area contributed by atoms with Crippen molar-refractivity contribution in [2.45, 2.75) is 11.8 Å². The molecule has 2 atom stereocenters. The van der Waals surface area contributed by atoms with Gasteiger partial charge >= 0.3 is 12.1 Å². The van der Waals surface area contributed by atoms with Gasteiger partial charge in [-0.15, -0.1) is 0 Å². The maximum Gasteiger partial charge on any atom is 0.409 e. The number of fused-ring (bicyclic) bond motifs is 3. The van der Waals surface area contributed by atoms with E-state index in [1.807, 2.05) is 36.4 Å². The highest BCUT2D eigenvalue weighted by atomic mass is 79.9. The molecular weight excluding hydrogens is 498 g/mol. The SMILES string of the molecule is COc1ccc([C@@H]2CN(C(=O)OCC3c4ccccc4-c4ccccc43)C[C@H]2C(=O)O)cc1Br. The first-order valence-electron chi connectivity index (χ1n) is 11.1. The lowest BCUT2D eigenvalue weighted by molar-refractivity contribution is -0.141. The van der Waals surface area contributed by atoms with Gasteiger partial charge in [0.25, 0.3) is 0 Å². The normalized spacial score (nSPS) is 18.9. The Labute approximate surface area is 206 Å². The number of hydrogen-bond acceptors (Lipinski definition) is 4. The highest BCUT2D eigenvalue weighted by Crippen LogP contribution is 2.44. The largest absolute Gasteiger partial charge is 0.496 e. The third kappa shape index (κ3) is 3.94. The molecule has 0 unspecified atom stereocenters. The monoisotopic (exact) mass is 521 g/mol. The van der Waals surface area contributed by atoms with E-state index in [0.29, 0.717) is 5.75 Å². The summed E-state index contributed by atoms with van der Waals surface area (Å²) in [5, 5.41) is 9.82. The molecule has 1 N–H and O–H groups in total. The van der Waals surface area contributed by atoms with Gasteiger partial charge in [0.15, 0.2) is 0 Å². The van der Waals surface area contributed by atoms with Crippen molar-refractivity contribution in [2.75, 3.05) is 26.8 Å². The Morgan fingerprint density at radius 1 is 1.00 bits per heavy atom. The van der Waals surface area contributed by atoms with E-state index in [1.54, 1.807) is 13.2 Å². The molecular formula is C27H24BrNO5. The first-order valence-corrected chi connectivity index (χ1v) is 11.9. The van der Waals surface area contributed by atoms with E-state index in [0.717, 1.165) is 32.3 Å². The molecule has 6 nitrogen and oxygen atoms in total. The van der Waals surface area contributed by atoms with E-state index in [4.69, 9.17) is 9.47 Å². The number of carbonyl (C=O) groups is 2. The summed E-state index contributed by atoms with van der Waals surface area (Å²) in [5.41, 5.74) is 5.45. The van der Waals surface area contributed by atoms with Crippen LogP contribution in [0.25, 0.3) is 11.1 Å². The molecule has 3 aromatic rings. The number of likely N-dealkylation sites (tertiary alicyclic amines) is 1. The van der Waals surface area contributed by atoms with Crippen molar-refractivity contribution < 1.29 is 24.2 Å². The number of carboxylic acid groups (broad SMARTS) is 1. The zero-order valence-electron chi connectivity index (χ0n) is 18.6. The van der Waals surface area contributed by atoms with Gasteiger partial charge in [0, 0.05) is 24.9 Å². The van der Waals surface area contributed by atoms with Crippen molar-refractivity contribution in [3.05, 3.63) is 87.9 Å². The Bertz CT molecular complexity index is 1210. The molecule has 0 radical (unpaired) electrons. The molecule has 2 aliphatic rings. The average molecular weight is 522 g/mol. The van der Waals surface area contributed by atoms with Gasteiger partial charge in [-0.2, -0.15) is 0 Å². The molecule has 7 heteroatoms. The quantitative estimate of drug-likeness (QED) is 0.479. The van der Waals surface area contributed by atoms with Gasteiger partial charge in [-0.3, -0.25) is 4.79 Å². The van der Waals surface area contributed by atoms with Crippen molar-refractivity contribution in [1.29, 1.82) is 0 Å². The second-order valence-corrected chi connectivity index (χ2v) is 9.51. The van der Waals surface area contributed by atoms with Crippen LogP contribution in [0.4, 0.5) is 4.79 Å². The Morgan fingerprint density at radius 2 is 1.65 bits per heavy atom. The number of halogens is 1. The predicted octanol–water partition coefficient (Wildman–Crippen LogP) is 5.51. The fraction of sp³-hybridized carbons (Fsp3) is 0.259. The summed E-state index contributed by atoms with van der Waals surface area (Å²) in [7, 11) is 1.58. The second-order valence-electron chi connectivity index (χ2n) is 8.65. The number of amides is 1. The van der Waals surface area contributed by atoms with Gasteiger partial charge in [0.1, 0.15) is 12.4 Å². The van der Waals surface area contributed by atoms with Gasteiger partial charge in [0.05, 0.1) is 17.5 Å². The molecule has 174 valence electrons. The fourth-order valence-electron chi connectivity index (χ4n) is 5.14. The van der Waals surface area contributed by atoms with Gasteiger partial charge < -0.3 is 19.5 Å². The summed E-state index contributed by atoms with van der Waals surface area (Å²) < 4.78 is 11.8. The highest BCUT2D eigenvalue weighted by molar-refractivity contribution is 9.10. The Balaban J connectivity index is 1.32. The zero-order chi connectivity index (χ0) is 23.8. The van der Waals surface area contributed by atoms with Crippen LogP contribution in [0, 0.1) is 5.92 Å². The number of rotatable bonds is 5. The molecule has 34 heavy (non-hydrogen) atoms. The van der Waals surface area contributed by atoms with Crippen molar-refractivity contribution in [3.8, 4) is 16.9 Å². The van der Waals surface area contributed by atoms with Gasteiger partial charge in [-0.25, -0.2) is 4.79 Å². The number of methoxy groups -OCH3 is 1. The van der Waals surface area contributed by atoms with Crippen LogP contribution in [-0.4, -0.2) is 48.9 Å². The summed E-state index contributed by atoms with van der Waals surface area (Å²) >= 11 is 3.47. The van der Waals surface area contributed by atoms with E-state index in [1.165, 1.54) is 4.90 Å². The van der Waals surface area contributed by atoms with Crippen LogP contribution in [0.2, 0.25) is 0 Å². The Morgan fingerprint density at radius 3 is 2.24 bits per heavy atom. The average Bonchev–Trinajstić information content (AvgIpc) is 3.43. The van der Waals surface area contributed by atoms with E-state index in [-0.39, 0.29) is 31.5 Å². The molecule has 0 spiro atoms. The summed E-state index contributed by atoms with van der Waals surface area (Å²) in [4.78, 5) is 26.5. The van der Waals surface area contributed by atoms with E-state index < -0.39 is 18.0 Å². The molecule has 1 aliphatic carbocycles. The Kier molecular flexibility index (Phi) is 6.04. The molecule has 0 bridgehead atoms. The molecule has 5 rings (SSSR count). The minimum absolute atomic E-state index is 0.0393. The summed E-state index contributed by atoms with van der Waals surface area (Å²) in [6.07, 6.45) is -0.483. The predicted molar refractivity (Wildman–Crippen MR) is 131 cm³/mol. The van der Waals surface area contributed by atoms with Gasteiger partial charge in [0.2, 0.25) is 0 Å². The Hall–Kier alpha value is -3.32. The fourth-order valence-corrected chi connectivity index (χ4v) is 5.70. The maximum atomic E-state index is 13.0.